The van der Waals surface area contributed by atoms with Crippen molar-refractivity contribution in [2.24, 2.45) is 0 Å². The SMILES string of the molecule is CCC(=O)N(C)CCCNC(=O)O.[HH]. The molecule has 0 saturated carbocycles. The Hall–Kier alpha value is -1.26. The fraction of sp³-hybridized carbons (Fsp3) is 0.750. The number of carboxylic acid groups (broad SMARTS) is 1. The van der Waals surface area contributed by atoms with Gasteiger partial charge in [-0.1, -0.05) is 6.92 Å². The van der Waals surface area contributed by atoms with Crippen molar-refractivity contribution >= 4 is 12.0 Å². The van der Waals surface area contributed by atoms with Crippen molar-refractivity contribution in [1.82, 2.24) is 10.2 Å². The minimum Gasteiger partial charge on any atom is -0.465 e. The lowest BCUT2D eigenvalue weighted by Crippen LogP contribution is -2.30. The minimum absolute atomic E-state index is 0. The third-order valence-electron chi connectivity index (χ3n) is 1.67. The number of hydrogen-bond donors (Lipinski definition) is 2. The lowest BCUT2D eigenvalue weighted by atomic mass is 10.3. The summed E-state index contributed by atoms with van der Waals surface area (Å²) in [5, 5.41) is 10.5. The first-order valence-electron chi connectivity index (χ1n) is 4.28. The fourth-order valence-electron chi connectivity index (χ4n) is 0.906. The molecule has 0 aliphatic rings. The van der Waals surface area contributed by atoms with E-state index in [0.717, 1.165) is 0 Å². The second-order valence-corrected chi connectivity index (χ2v) is 2.75. The summed E-state index contributed by atoms with van der Waals surface area (Å²) < 4.78 is 0. The molecular formula is C8H18N2O3. The standard InChI is InChI=1S/C8H16N2O3.H2/c1-3-7(11)10(2)6-4-5-9-8(12)13;/h9H,3-6H2,1-2H3,(H,12,13);1H. The highest BCUT2D eigenvalue weighted by Gasteiger charge is 2.04. The summed E-state index contributed by atoms with van der Waals surface area (Å²) >= 11 is 0. The Balaban J connectivity index is 0. The van der Waals surface area contributed by atoms with Gasteiger partial charge in [-0.2, -0.15) is 0 Å². The maximum absolute atomic E-state index is 11.0. The van der Waals surface area contributed by atoms with Gasteiger partial charge in [0, 0.05) is 28.0 Å². The normalized spacial score (nSPS) is 9.38. The smallest absolute Gasteiger partial charge is 0.404 e. The lowest BCUT2D eigenvalue weighted by Gasteiger charge is -2.15. The Morgan fingerprint density at radius 2 is 2.15 bits per heavy atom. The van der Waals surface area contributed by atoms with E-state index in [-0.39, 0.29) is 7.33 Å². The van der Waals surface area contributed by atoms with Gasteiger partial charge in [-0.05, 0) is 6.42 Å². The van der Waals surface area contributed by atoms with Gasteiger partial charge in [-0.15, -0.1) is 0 Å². The Kier molecular flexibility index (Phi) is 5.67. The molecule has 0 spiro atoms. The molecule has 5 nitrogen and oxygen atoms in total. The Bertz CT molecular complexity index is 187. The predicted molar refractivity (Wildman–Crippen MR) is 50.7 cm³/mol. The molecule has 0 heterocycles. The van der Waals surface area contributed by atoms with Crippen LogP contribution in [0.4, 0.5) is 4.79 Å². The molecule has 0 rings (SSSR count). The van der Waals surface area contributed by atoms with Crippen LogP contribution >= 0.6 is 0 Å². The first-order valence-corrected chi connectivity index (χ1v) is 4.28. The van der Waals surface area contributed by atoms with Crippen molar-refractivity contribution in [3.8, 4) is 0 Å². The first-order chi connectivity index (χ1) is 6.07. The third kappa shape index (κ3) is 5.95. The van der Waals surface area contributed by atoms with Crippen LogP contribution < -0.4 is 5.32 Å². The van der Waals surface area contributed by atoms with Crippen LogP contribution in [0, 0.1) is 0 Å². The van der Waals surface area contributed by atoms with E-state index in [1.54, 1.807) is 18.9 Å². The van der Waals surface area contributed by atoms with Crippen molar-refractivity contribution < 1.29 is 16.1 Å². The van der Waals surface area contributed by atoms with Gasteiger partial charge in [0.15, 0.2) is 0 Å². The number of hydrogen-bond acceptors (Lipinski definition) is 2. The Labute approximate surface area is 79.2 Å². The highest BCUT2D eigenvalue weighted by Crippen LogP contribution is 1.91. The molecule has 0 bridgehead atoms. The molecular weight excluding hydrogens is 172 g/mol. The molecule has 0 aliphatic heterocycles. The lowest BCUT2D eigenvalue weighted by molar-refractivity contribution is -0.129. The van der Waals surface area contributed by atoms with Crippen molar-refractivity contribution in [3.63, 3.8) is 0 Å². The van der Waals surface area contributed by atoms with Crippen LogP contribution in [0.2, 0.25) is 0 Å². The molecule has 0 aromatic heterocycles. The first kappa shape index (κ1) is 11.7. The molecule has 0 aromatic carbocycles. The second kappa shape index (κ2) is 6.28. The van der Waals surface area contributed by atoms with Gasteiger partial charge in [0.2, 0.25) is 5.91 Å². The van der Waals surface area contributed by atoms with Crippen LogP contribution in [-0.2, 0) is 4.79 Å². The summed E-state index contributed by atoms with van der Waals surface area (Å²) in [6.07, 6.45) is 0.113. The third-order valence-corrected chi connectivity index (χ3v) is 1.67. The number of nitrogens with one attached hydrogen (secondary N) is 1. The molecule has 0 unspecified atom stereocenters. The van der Waals surface area contributed by atoms with Crippen LogP contribution in [0.5, 0.6) is 0 Å². The van der Waals surface area contributed by atoms with Gasteiger partial charge in [0.1, 0.15) is 0 Å². The Morgan fingerprint density at radius 3 is 2.62 bits per heavy atom. The Morgan fingerprint density at radius 1 is 1.54 bits per heavy atom. The predicted octanol–water partition coefficient (Wildman–Crippen LogP) is 0.759. The molecule has 2 N–H and O–H groups in total. The van der Waals surface area contributed by atoms with E-state index in [2.05, 4.69) is 5.32 Å². The van der Waals surface area contributed by atoms with Crippen molar-refractivity contribution in [2.75, 3.05) is 20.1 Å². The molecule has 0 fully saturated rings. The molecule has 0 radical (unpaired) electrons. The van der Waals surface area contributed by atoms with Crippen LogP contribution in [0.3, 0.4) is 0 Å². The molecule has 0 aromatic rings. The zero-order valence-electron chi connectivity index (χ0n) is 8.04. The van der Waals surface area contributed by atoms with Crippen LogP contribution in [0.25, 0.3) is 0 Å². The van der Waals surface area contributed by atoms with Gasteiger partial charge >= 0.3 is 6.09 Å². The summed E-state index contributed by atoms with van der Waals surface area (Å²) in [5.74, 6) is 0.0790. The number of carbonyl (C=O) groups excluding carboxylic acids is 1. The second-order valence-electron chi connectivity index (χ2n) is 2.75. The largest absolute Gasteiger partial charge is 0.465 e. The highest BCUT2D eigenvalue weighted by atomic mass is 16.4. The quantitative estimate of drug-likeness (QED) is 0.629. The summed E-state index contributed by atoms with van der Waals surface area (Å²) in [5.41, 5.74) is 0. The molecule has 5 heteroatoms. The molecule has 78 valence electrons. The van der Waals surface area contributed by atoms with E-state index in [0.29, 0.717) is 25.9 Å². The minimum atomic E-state index is -1.02. The topological polar surface area (TPSA) is 69.6 Å². The average molecular weight is 190 g/mol. The molecule has 0 atom stereocenters. The number of carbonyl (C=O) groups is 2. The van der Waals surface area contributed by atoms with Crippen LogP contribution in [-0.4, -0.2) is 42.1 Å². The number of rotatable bonds is 5. The van der Waals surface area contributed by atoms with Gasteiger partial charge in [0.25, 0.3) is 0 Å². The van der Waals surface area contributed by atoms with Crippen molar-refractivity contribution in [3.05, 3.63) is 0 Å². The van der Waals surface area contributed by atoms with Gasteiger partial charge < -0.3 is 15.3 Å². The van der Waals surface area contributed by atoms with Crippen molar-refractivity contribution in [2.45, 2.75) is 19.8 Å². The van der Waals surface area contributed by atoms with Gasteiger partial charge in [0.05, 0.1) is 0 Å². The number of nitrogens with zero attached hydrogens (tertiary/aromatic N) is 1. The molecule has 13 heavy (non-hydrogen) atoms. The van der Waals surface area contributed by atoms with E-state index >= 15 is 0 Å². The van der Waals surface area contributed by atoms with Gasteiger partial charge in [-0.3, -0.25) is 4.79 Å². The summed E-state index contributed by atoms with van der Waals surface area (Å²) in [6, 6.07) is 0. The molecule has 2 amide bonds. The van der Waals surface area contributed by atoms with E-state index in [4.69, 9.17) is 5.11 Å². The highest BCUT2D eigenvalue weighted by molar-refractivity contribution is 5.75. The summed E-state index contributed by atoms with van der Waals surface area (Å²) in [6.45, 7) is 2.78. The number of amides is 2. The van der Waals surface area contributed by atoms with E-state index < -0.39 is 6.09 Å². The van der Waals surface area contributed by atoms with E-state index in [9.17, 15) is 9.59 Å². The zero-order chi connectivity index (χ0) is 10.3. The summed E-state index contributed by atoms with van der Waals surface area (Å²) in [4.78, 5) is 22.7. The van der Waals surface area contributed by atoms with E-state index in [1.165, 1.54) is 0 Å². The van der Waals surface area contributed by atoms with Gasteiger partial charge in [-0.25, -0.2) is 4.79 Å². The fourth-order valence-corrected chi connectivity index (χ4v) is 0.906. The molecule has 0 saturated heterocycles. The monoisotopic (exact) mass is 190 g/mol. The van der Waals surface area contributed by atoms with Crippen LogP contribution in [0.1, 0.15) is 21.2 Å². The zero-order valence-corrected chi connectivity index (χ0v) is 8.04. The molecule has 0 aliphatic carbocycles. The van der Waals surface area contributed by atoms with Crippen molar-refractivity contribution in [1.29, 1.82) is 0 Å². The van der Waals surface area contributed by atoms with Crippen LogP contribution in [0.15, 0.2) is 0 Å². The average Bonchev–Trinajstić information content (AvgIpc) is 2.10. The maximum Gasteiger partial charge on any atom is 0.404 e. The van der Waals surface area contributed by atoms with E-state index in [1.807, 2.05) is 0 Å². The summed E-state index contributed by atoms with van der Waals surface area (Å²) in [7, 11) is 1.71. The maximum atomic E-state index is 11.0.